The SMILES string of the molecule is CC1(C)c2ccccc2-c2c(-c3ccc(N(c4ccc(-c5cccc6c5sc5ccccc56)cc4)c4ccccc4-c4cccc5c4oc4c6ccccc6ccc54)cc3)cccc21. The summed E-state index contributed by atoms with van der Waals surface area (Å²) < 4.78 is 9.58. The lowest BCUT2D eigenvalue weighted by Gasteiger charge is -2.28. The van der Waals surface area contributed by atoms with Crippen LogP contribution in [0.1, 0.15) is 25.0 Å². The molecule has 1 aliphatic carbocycles. The summed E-state index contributed by atoms with van der Waals surface area (Å²) in [7, 11) is 0. The number of anilines is 3. The Hall–Kier alpha value is -7.72. The van der Waals surface area contributed by atoms with Gasteiger partial charge in [0.05, 0.1) is 5.69 Å². The predicted molar refractivity (Wildman–Crippen MR) is 273 cm³/mol. The molecule has 0 saturated heterocycles. The van der Waals surface area contributed by atoms with Crippen molar-refractivity contribution in [2.75, 3.05) is 4.90 Å². The van der Waals surface area contributed by atoms with Crippen LogP contribution in [0.15, 0.2) is 217 Å². The molecule has 0 unspecified atom stereocenters. The summed E-state index contributed by atoms with van der Waals surface area (Å²) in [5.41, 5.74) is 17.5. The number of para-hydroxylation sites is 2. The van der Waals surface area contributed by atoms with Crippen LogP contribution in [-0.2, 0) is 5.41 Å². The summed E-state index contributed by atoms with van der Waals surface area (Å²) in [5, 5.41) is 7.16. The molecule has 2 nitrogen and oxygen atoms in total. The Bertz CT molecular complexity index is 3810. The quantitative estimate of drug-likeness (QED) is 0.166. The monoisotopic (exact) mass is 835 g/mol. The standard InChI is InChI=1S/C61H41NOS/c1-61(2)53-24-8-5-18-52(53)57-43(19-13-25-54(57)61)39-28-33-41(34-29-39)62(42-35-30-40(31-36-42)45-20-11-23-51-47-17-7-10-27-56(47)64-60(45)51)55-26-9-6-16-46(55)48-21-12-22-49-50-37-32-38-14-3-4-15-44(38)58(50)63-59(48)49/h3-37H,1-2H3. The van der Waals surface area contributed by atoms with E-state index in [0.717, 1.165) is 55.5 Å². The molecule has 0 amide bonds. The average Bonchev–Trinajstić information content (AvgIpc) is 4.00. The second-order valence-electron chi connectivity index (χ2n) is 17.6. The van der Waals surface area contributed by atoms with Gasteiger partial charge in [-0.25, -0.2) is 0 Å². The summed E-state index contributed by atoms with van der Waals surface area (Å²) >= 11 is 1.87. The fraction of sp³-hybridized carbons (Fsp3) is 0.0492. The first kappa shape index (κ1) is 36.9. The van der Waals surface area contributed by atoms with Crippen molar-refractivity contribution in [2.45, 2.75) is 19.3 Å². The molecule has 2 heterocycles. The number of fused-ring (bicyclic) bond motifs is 11. The number of hydrogen-bond donors (Lipinski definition) is 0. The van der Waals surface area contributed by atoms with Crippen LogP contribution in [0.2, 0.25) is 0 Å². The zero-order valence-electron chi connectivity index (χ0n) is 35.5. The first-order valence-corrected chi connectivity index (χ1v) is 22.9. The maximum atomic E-state index is 6.94. The van der Waals surface area contributed by atoms with E-state index in [1.165, 1.54) is 70.1 Å². The summed E-state index contributed by atoms with van der Waals surface area (Å²) in [5.74, 6) is 0. The fourth-order valence-electron chi connectivity index (χ4n) is 10.6. The normalized spacial score (nSPS) is 13.0. The average molecular weight is 836 g/mol. The Morgan fingerprint density at radius 2 is 0.953 bits per heavy atom. The molecule has 10 aromatic carbocycles. The topological polar surface area (TPSA) is 16.4 Å². The number of benzene rings is 10. The van der Waals surface area contributed by atoms with Crippen molar-refractivity contribution in [3.05, 3.63) is 223 Å². The van der Waals surface area contributed by atoms with Gasteiger partial charge in [-0.3, -0.25) is 0 Å². The molecule has 2 aromatic heterocycles. The van der Waals surface area contributed by atoms with E-state index in [0.29, 0.717) is 0 Å². The van der Waals surface area contributed by atoms with Crippen molar-refractivity contribution in [1.29, 1.82) is 0 Å². The third-order valence-corrected chi connectivity index (χ3v) is 14.9. The van der Waals surface area contributed by atoms with E-state index in [2.05, 4.69) is 231 Å². The molecular weight excluding hydrogens is 795 g/mol. The Morgan fingerprint density at radius 3 is 1.77 bits per heavy atom. The van der Waals surface area contributed by atoms with Crippen molar-refractivity contribution >= 4 is 81.3 Å². The summed E-state index contributed by atoms with van der Waals surface area (Å²) in [6, 6.07) is 77.7. The molecule has 0 atom stereocenters. The molecular formula is C61H41NOS. The zero-order valence-corrected chi connectivity index (χ0v) is 36.3. The molecule has 13 rings (SSSR count). The molecule has 12 aromatic rings. The highest BCUT2D eigenvalue weighted by atomic mass is 32.1. The molecule has 0 radical (unpaired) electrons. The number of nitrogens with zero attached hydrogens (tertiary/aromatic N) is 1. The van der Waals surface area contributed by atoms with Crippen molar-refractivity contribution in [3.63, 3.8) is 0 Å². The highest BCUT2D eigenvalue weighted by Crippen LogP contribution is 2.53. The summed E-state index contributed by atoms with van der Waals surface area (Å²) in [6.07, 6.45) is 0. The van der Waals surface area contributed by atoms with Crippen LogP contribution in [0, 0.1) is 0 Å². The number of furan rings is 1. The first-order chi connectivity index (χ1) is 31.5. The van der Waals surface area contributed by atoms with Crippen LogP contribution in [0.5, 0.6) is 0 Å². The van der Waals surface area contributed by atoms with E-state index in [1.54, 1.807) is 0 Å². The van der Waals surface area contributed by atoms with Crippen molar-refractivity contribution in [1.82, 2.24) is 0 Å². The van der Waals surface area contributed by atoms with E-state index in [-0.39, 0.29) is 5.41 Å². The minimum atomic E-state index is -0.0627. The summed E-state index contributed by atoms with van der Waals surface area (Å²) in [4.78, 5) is 2.41. The van der Waals surface area contributed by atoms with Gasteiger partial charge in [-0.1, -0.05) is 184 Å². The van der Waals surface area contributed by atoms with Gasteiger partial charge in [0.25, 0.3) is 0 Å². The number of rotatable bonds is 6. The zero-order chi connectivity index (χ0) is 42.5. The van der Waals surface area contributed by atoms with Gasteiger partial charge in [0.15, 0.2) is 0 Å². The Kier molecular flexibility index (Phi) is 8.16. The minimum Gasteiger partial charge on any atom is -0.455 e. The van der Waals surface area contributed by atoms with Gasteiger partial charge in [-0.2, -0.15) is 0 Å². The number of thiophene rings is 1. The highest BCUT2D eigenvalue weighted by molar-refractivity contribution is 7.26. The van der Waals surface area contributed by atoms with Crippen LogP contribution < -0.4 is 4.90 Å². The maximum Gasteiger partial charge on any atom is 0.143 e. The number of hydrogen-bond acceptors (Lipinski definition) is 3. The van der Waals surface area contributed by atoms with Crippen molar-refractivity contribution in [3.8, 4) is 44.5 Å². The van der Waals surface area contributed by atoms with E-state index in [9.17, 15) is 0 Å². The van der Waals surface area contributed by atoms with Gasteiger partial charge in [0.1, 0.15) is 11.2 Å². The largest absolute Gasteiger partial charge is 0.455 e. The predicted octanol–water partition coefficient (Wildman–Crippen LogP) is 17.9. The minimum absolute atomic E-state index is 0.0627. The van der Waals surface area contributed by atoms with Gasteiger partial charge in [-0.05, 0) is 92.4 Å². The molecule has 1 aliphatic rings. The second kappa shape index (κ2) is 14.2. The van der Waals surface area contributed by atoms with E-state index in [4.69, 9.17) is 4.42 Å². The van der Waals surface area contributed by atoms with Gasteiger partial charge in [0.2, 0.25) is 0 Å². The lowest BCUT2D eigenvalue weighted by molar-refractivity contribution is 0.660. The maximum absolute atomic E-state index is 6.94. The van der Waals surface area contributed by atoms with Crippen molar-refractivity contribution < 1.29 is 4.42 Å². The summed E-state index contributed by atoms with van der Waals surface area (Å²) in [6.45, 7) is 4.70. The third kappa shape index (κ3) is 5.51. The molecule has 0 bridgehead atoms. The molecule has 0 spiro atoms. The highest BCUT2D eigenvalue weighted by Gasteiger charge is 2.36. The molecule has 0 fully saturated rings. The van der Waals surface area contributed by atoms with Gasteiger partial charge >= 0.3 is 0 Å². The van der Waals surface area contributed by atoms with Crippen LogP contribution in [0.3, 0.4) is 0 Å². The van der Waals surface area contributed by atoms with Crippen LogP contribution in [-0.4, -0.2) is 0 Å². The second-order valence-corrected chi connectivity index (χ2v) is 18.6. The van der Waals surface area contributed by atoms with E-state index < -0.39 is 0 Å². The first-order valence-electron chi connectivity index (χ1n) is 22.1. The molecule has 302 valence electrons. The van der Waals surface area contributed by atoms with Crippen LogP contribution in [0.4, 0.5) is 17.1 Å². The van der Waals surface area contributed by atoms with Gasteiger partial charge < -0.3 is 9.32 Å². The van der Waals surface area contributed by atoms with Gasteiger partial charge in [0, 0.05) is 64.2 Å². The lowest BCUT2D eigenvalue weighted by atomic mass is 9.82. The third-order valence-electron chi connectivity index (χ3n) is 13.7. The van der Waals surface area contributed by atoms with Crippen LogP contribution >= 0.6 is 11.3 Å². The molecule has 3 heteroatoms. The van der Waals surface area contributed by atoms with E-state index >= 15 is 0 Å². The molecule has 0 aliphatic heterocycles. The Balaban J connectivity index is 0.979. The molecule has 64 heavy (non-hydrogen) atoms. The lowest BCUT2D eigenvalue weighted by Crippen LogP contribution is -2.14. The van der Waals surface area contributed by atoms with Crippen LogP contribution in [0.25, 0.3) is 97.4 Å². The fourth-order valence-corrected chi connectivity index (χ4v) is 11.8. The van der Waals surface area contributed by atoms with Crippen molar-refractivity contribution in [2.24, 2.45) is 0 Å². The van der Waals surface area contributed by atoms with E-state index in [1.807, 2.05) is 11.3 Å². The molecule has 0 N–H and O–H groups in total. The molecule has 0 saturated carbocycles. The van der Waals surface area contributed by atoms with Gasteiger partial charge in [-0.15, -0.1) is 11.3 Å². The Labute approximate surface area is 375 Å². The Morgan fingerprint density at radius 1 is 0.391 bits per heavy atom. The smallest absolute Gasteiger partial charge is 0.143 e.